The molecule has 1 aromatic heterocycles. The summed E-state index contributed by atoms with van der Waals surface area (Å²) in [4.78, 5) is 14.7. The zero-order chi connectivity index (χ0) is 14.0. The second kappa shape index (κ2) is 5.61. The maximum absolute atomic E-state index is 12.6. The molecule has 1 atom stereocenters. The molecule has 1 fully saturated rings. The van der Waals surface area contributed by atoms with Crippen molar-refractivity contribution in [3.05, 3.63) is 16.9 Å². The number of aromatic nitrogens is 2. The minimum absolute atomic E-state index is 0.0637. The summed E-state index contributed by atoms with van der Waals surface area (Å²) in [5.74, 6) is -0.0637. The van der Waals surface area contributed by atoms with Crippen molar-refractivity contribution in [2.45, 2.75) is 31.9 Å². The third-order valence-corrected chi connectivity index (χ3v) is 3.74. The highest BCUT2D eigenvalue weighted by Gasteiger charge is 2.40. The molecule has 0 aliphatic carbocycles. The average molecular weight is 286 g/mol. The van der Waals surface area contributed by atoms with Crippen molar-refractivity contribution < 1.29 is 9.53 Å². The van der Waals surface area contributed by atoms with Gasteiger partial charge in [0, 0.05) is 13.2 Å². The van der Waals surface area contributed by atoms with E-state index >= 15 is 0 Å². The third kappa shape index (κ3) is 2.99. The second-order valence-electron chi connectivity index (χ2n) is 5.38. The van der Waals surface area contributed by atoms with Crippen LogP contribution in [-0.2, 0) is 11.3 Å². The molecule has 1 unspecified atom stereocenters. The lowest BCUT2D eigenvalue weighted by Crippen LogP contribution is -2.36. The molecule has 0 amide bonds. The summed E-state index contributed by atoms with van der Waals surface area (Å²) in [6, 6.07) is 0. The van der Waals surface area contributed by atoms with Gasteiger partial charge in [-0.15, -0.1) is 0 Å². The van der Waals surface area contributed by atoms with Crippen LogP contribution < -0.4 is 0 Å². The molecule has 0 N–H and O–H groups in total. The van der Waals surface area contributed by atoms with Gasteiger partial charge in [-0.05, 0) is 33.9 Å². The molecule has 0 bridgehead atoms. The summed E-state index contributed by atoms with van der Waals surface area (Å²) >= 11 is 6.12. The highest BCUT2D eigenvalue weighted by atomic mass is 35.5. The lowest BCUT2D eigenvalue weighted by Gasteiger charge is -2.22. The number of rotatable bonds is 5. The lowest BCUT2D eigenvalue weighted by atomic mass is 9.95. The van der Waals surface area contributed by atoms with Gasteiger partial charge in [0.25, 0.3) is 0 Å². The van der Waals surface area contributed by atoms with E-state index in [0.29, 0.717) is 23.9 Å². The molecular formula is C13H20ClN3O2. The first kappa shape index (κ1) is 14.5. The molecule has 6 heteroatoms. The Morgan fingerprint density at radius 2 is 2.37 bits per heavy atom. The molecule has 0 saturated carbocycles. The molecule has 0 aromatic carbocycles. The predicted molar refractivity (Wildman–Crippen MR) is 73.7 cm³/mol. The quantitative estimate of drug-likeness (QED) is 0.775. The summed E-state index contributed by atoms with van der Waals surface area (Å²) in [5, 5.41) is 4.60. The molecule has 0 spiro atoms. The van der Waals surface area contributed by atoms with E-state index in [4.69, 9.17) is 16.3 Å². The summed E-state index contributed by atoms with van der Waals surface area (Å²) < 4.78 is 7.28. The van der Waals surface area contributed by atoms with Crippen LogP contribution in [0.5, 0.6) is 0 Å². The molecule has 0 radical (unpaired) electrons. The van der Waals surface area contributed by atoms with Crippen molar-refractivity contribution in [3.8, 4) is 0 Å². The van der Waals surface area contributed by atoms with E-state index in [2.05, 4.69) is 5.10 Å². The van der Waals surface area contributed by atoms with Gasteiger partial charge in [0.2, 0.25) is 5.78 Å². The van der Waals surface area contributed by atoms with Crippen molar-refractivity contribution in [2.75, 3.05) is 27.2 Å². The first-order valence-electron chi connectivity index (χ1n) is 6.49. The Morgan fingerprint density at radius 3 is 2.95 bits per heavy atom. The minimum atomic E-state index is -0.750. The molecule has 1 aliphatic heterocycles. The molecule has 19 heavy (non-hydrogen) atoms. The standard InChI is InChI=1S/C13H20ClN3O2/c1-13(5-4-8-19-13)12(18)11-10(14)9-15-17(11)7-6-16(2)3/h9H,4-8H2,1-3H3. The Morgan fingerprint density at radius 1 is 1.63 bits per heavy atom. The highest BCUT2D eigenvalue weighted by molar-refractivity contribution is 6.34. The largest absolute Gasteiger partial charge is 0.367 e. The van der Waals surface area contributed by atoms with E-state index in [1.165, 1.54) is 6.20 Å². The van der Waals surface area contributed by atoms with E-state index in [0.717, 1.165) is 19.4 Å². The summed E-state index contributed by atoms with van der Waals surface area (Å²) in [6.45, 7) is 3.90. The van der Waals surface area contributed by atoms with Crippen molar-refractivity contribution in [2.24, 2.45) is 0 Å². The van der Waals surface area contributed by atoms with Gasteiger partial charge in [0.1, 0.15) is 11.3 Å². The van der Waals surface area contributed by atoms with Gasteiger partial charge in [-0.3, -0.25) is 9.48 Å². The molecule has 1 aromatic rings. The van der Waals surface area contributed by atoms with Gasteiger partial charge >= 0.3 is 0 Å². The van der Waals surface area contributed by atoms with E-state index in [9.17, 15) is 4.79 Å². The van der Waals surface area contributed by atoms with Gasteiger partial charge in [-0.2, -0.15) is 5.10 Å². The second-order valence-corrected chi connectivity index (χ2v) is 5.79. The maximum Gasteiger partial charge on any atom is 0.213 e. The highest BCUT2D eigenvalue weighted by Crippen LogP contribution is 2.31. The molecule has 2 heterocycles. The fraction of sp³-hybridized carbons (Fsp3) is 0.692. The van der Waals surface area contributed by atoms with Crippen LogP contribution in [0.3, 0.4) is 0 Å². The van der Waals surface area contributed by atoms with Gasteiger partial charge < -0.3 is 9.64 Å². The van der Waals surface area contributed by atoms with E-state index < -0.39 is 5.60 Å². The SMILES string of the molecule is CN(C)CCn1ncc(Cl)c1C(=O)C1(C)CCCO1. The number of halogens is 1. The molecule has 106 valence electrons. The number of carbonyl (C=O) groups excluding carboxylic acids is 1. The average Bonchev–Trinajstić information content (AvgIpc) is 2.93. The van der Waals surface area contributed by atoms with Crippen LogP contribution in [0.2, 0.25) is 5.02 Å². The van der Waals surface area contributed by atoms with Crippen LogP contribution in [-0.4, -0.2) is 53.3 Å². The van der Waals surface area contributed by atoms with E-state index in [1.54, 1.807) is 4.68 Å². The lowest BCUT2D eigenvalue weighted by molar-refractivity contribution is 0.0204. The summed E-state index contributed by atoms with van der Waals surface area (Å²) in [5.41, 5.74) is -0.285. The maximum atomic E-state index is 12.6. The van der Waals surface area contributed by atoms with Crippen molar-refractivity contribution in [1.29, 1.82) is 0 Å². The van der Waals surface area contributed by atoms with E-state index in [1.807, 2.05) is 25.9 Å². The fourth-order valence-corrected chi connectivity index (χ4v) is 2.49. The Bertz CT molecular complexity index is 464. The number of Topliss-reactive ketones (excluding diaryl/α,β-unsaturated/α-hetero) is 1. The summed E-state index contributed by atoms with van der Waals surface area (Å²) in [6.07, 6.45) is 3.18. The number of likely N-dealkylation sites (N-methyl/N-ethyl adjacent to an activating group) is 1. The molecule has 5 nitrogen and oxygen atoms in total. The number of hydrogen-bond acceptors (Lipinski definition) is 4. The van der Waals surface area contributed by atoms with Gasteiger partial charge in [0.15, 0.2) is 0 Å². The van der Waals surface area contributed by atoms with Crippen LogP contribution in [0.25, 0.3) is 0 Å². The Balaban J connectivity index is 2.23. The predicted octanol–water partition coefficient (Wildman–Crippen LogP) is 1.85. The number of ketones is 1. The molecular weight excluding hydrogens is 266 g/mol. The van der Waals surface area contributed by atoms with Gasteiger partial charge in [-0.1, -0.05) is 11.6 Å². The molecule has 2 rings (SSSR count). The first-order chi connectivity index (χ1) is 8.94. The van der Waals surface area contributed by atoms with E-state index in [-0.39, 0.29) is 5.78 Å². The van der Waals surface area contributed by atoms with Crippen LogP contribution in [0.15, 0.2) is 6.20 Å². The van der Waals surface area contributed by atoms with Crippen LogP contribution in [0.1, 0.15) is 30.3 Å². The van der Waals surface area contributed by atoms with Crippen molar-refractivity contribution in [1.82, 2.24) is 14.7 Å². The van der Waals surface area contributed by atoms with Crippen molar-refractivity contribution >= 4 is 17.4 Å². The fourth-order valence-electron chi connectivity index (χ4n) is 2.26. The minimum Gasteiger partial charge on any atom is -0.367 e. The number of hydrogen-bond donors (Lipinski definition) is 0. The van der Waals surface area contributed by atoms with Gasteiger partial charge in [0.05, 0.1) is 17.8 Å². The normalized spacial score (nSPS) is 23.2. The first-order valence-corrected chi connectivity index (χ1v) is 6.86. The van der Waals surface area contributed by atoms with Crippen LogP contribution in [0.4, 0.5) is 0 Å². The summed E-state index contributed by atoms with van der Waals surface area (Å²) in [7, 11) is 3.96. The molecule has 1 saturated heterocycles. The van der Waals surface area contributed by atoms with Crippen LogP contribution >= 0.6 is 11.6 Å². The van der Waals surface area contributed by atoms with Gasteiger partial charge in [-0.25, -0.2) is 0 Å². The zero-order valence-corrected chi connectivity index (χ0v) is 12.4. The monoisotopic (exact) mass is 285 g/mol. The Hall–Kier alpha value is -0.910. The van der Waals surface area contributed by atoms with Crippen LogP contribution in [0, 0.1) is 0 Å². The number of nitrogens with zero attached hydrogens (tertiary/aromatic N) is 3. The van der Waals surface area contributed by atoms with Crippen molar-refractivity contribution in [3.63, 3.8) is 0 Å². The number of carbonyl (C=O) groups is 1. The third-order valence-electron chi connectivity index (χ3n) is 3.47. The Kier molecular flexibility index (Phi) is 4.28. The Labute approximate surface area is 118 Å². The zero-order valence-electron chi connectivity index (χ0n) is 11.6. The smallest absolute Gasteiger partial charge is 0.213 e. The topological polar surface area (TPSA) is 47.4 Å². The number of ether oxygens (including phenoxy) is 1. The molecule has 1 aliphatic rings.